The van der Waals surface area contributed by atoms with Gasteiger partial charge in [-0.2, -0.15) is 5.26 Å². The van der Waals surface area contributed by atoms with Gasteiger partial charge in [0.1, 0.15) is 17.3 Å². The first kappa shape index (κ1) is 17.5. The molecule has 0 radical (unpaired) electrons. The van der Waals surface area contributed by atoms with Crippen molar-refractivity contribution in [2.75, 3.05) is 14.1 Å². The van der Waals surface area contributed by atoms with Gasteiger partial charge in [-0.05, 0) is 25.0 Å². The molecule has 3 aromatic rings. The predicted octanol–water partition coefficient (Wildman–Crippen LogP) is 3.06. The maximum absolute atomic E-state index is 13.2. The fraction of sp³-hybridized carbons (Fsp3) is 0.316. The highest BCUT2D eigenvalue weighted by atomic mass is 16.6. The Labute approximate surface area is 150 Å². The van der Waals surface area contributed by atoms with Gasteiger partial charge >= 0.3 is 6.09 Å². The number of para-hydroxylation sites is 2. The molecule has 0 saturated heterocycles. The number of nitriles is 1. The number of rotatable bonds is 4. The monoisotopic (exact) mass is 352 g/mol. The minimum absolute atomic E-state index is 0.0520. The number of fused-ring (bicyclic) bond motifs is 3. The Balaban J connectivity index is 2.39. The van der Waals surface area contributed by atoms with Crippen molar-refractivity contribution >= 4 is 22.8 Å². The van der Waals surface area contributed by atoms with Crippen molar-refractivity contribution in [3.05, 3.63) is 45.7 Å². The van der Waals surface area contributed by atoms with Crippen LogP contribution in [0, 0.1) is 11.3 Å². The number of hydrogen-bond donors (Lipinski definition) is 1. The summed E-state index contributed by atoms with van der Waals surface area (Å²) >= 11 is 0. The molecule has 0 unspecified atom stereocenters. The minimum Gasteiger partial charge on any atom is -0.408 e. The molecule has 0 aliphatic rings. The molecule has 3 rings (SSSR count). The van der Waals surface area contributed by atoms with Crippen LogP contribution in [0.2, 0.25) is 0 Å². The van der Waals surface area contributed by atoms with Gasteiger partial charge < -0.3 is 14.6 Å². The number of aromatic nitrogens is 2. The standard InChI is InChI=1S/C19H20N4O3/c1-4-5-8-12-16(26-19(25)22(2)3)13(11-20)17-21-14-9-6-7-10-15(14)23(17)18(12)24/h6-7,9-10,21H,4-5,8H2,1-3H3. The number of nitrogens with zero attached hydrogens (tertiary/aromatic N) is 3. The number of carbonyl (C=O) groups excluding carboxylic acids is 1. The van der Waals surface area contributed by atoms with E-state index in [1.54, 1.807) is 14.1 Å². The molecular formula is C19H20N4O3. The van der Waals surface area contributed by atoms with Crippen LogP contribution < -0.4 is 10.3 Å². The van der Waals surface area contributed by atoms with Crippen LogP contribution in [0.5, 0.6) is 5.75 Å². The first-order valence-electron chi connectivity index (χ1n) is 8.47. The molecule has 7 heteroatoms. The van der Waals surface area contributed by atoms with Gasteiger partial charge in [-0.1, -0.05) is 25.5 Å². The molecule has 0 atom stereocenters. The molecule has 0 fully saturated rings. The van der Waals surface area contributed by atoms with Crippen molar-refractivity contribution < 1.29 is 9.53 Å². The molecule has 1 amide bonds. The van der Waals surface area contributed by atoms with E-state index in [9.17, 15) is 14.9 Å². The Morgan fingerprint density at radius 3 is 2.73 bits per heavy atom. The lowest BCUT2D eigenvalue weighted by atomic mass is 10.1. The van der Waals surface area contributed by atoms with Gasteiger partial charge in [0.2, 0.25) is 0 Å². The summed E-state index contributed by atoms with van der Waals surface area (Å²) in [5.41, 5.74) is 1.99. The quantitative estimate of drug-likeness (QED) is 0.781. The van der Waals surface area contributed by atoms with Crippen LogP contribution in [0.3, 0.4) is 0 Å². The maximum atomic E-state index is 13.2. The van der Waals surface area contributed by atoms with E-state index in [1.165, 1.54) is 9.30 Å². The van der Waals surface area contributed by atoms with Crippen LogP contribution in [-0.4, -0.2) is 34.5 Å². The third-order valence-corrected chi connectivity index (χ3v) is 4.27. The minimum atomic E-state index is -0.626. The summed E-state index contributed by atoms with van der Waals surface area (Å²) < 4.78 is 6.93. The van der Waals surface area contributed by atoms with Gasteiger partial charge in [-0.25, -0.2) is 4.79 Å². The Hall–Kier alpha value is -3.27. The van der Waals surface area contributed by atoms with Gasteiger partial charge in [0.05, 0.1) is 16.6 Å². The number of unbranched alkanes of at least 4 members (excludes halogenated alkanes) is 1. The molecule has 0 saturated carbocycles. The summed E-state index contributed by atoms with van der Waals surface area (Å²) in [4.78, 5) is 29.6. The second kappa shape index (κ2) is 6.92. The SMILES string of the molecule is CCCCc1c(OC(=O)N(C)C)c(C#N)c2[nH]c3ccccc3n2c1=O. The lowest BCUT2D eigenvalue weighted by molar-refractivity contribution is 0.171. The molecule has 1 N–H and O–H groups in total. The number of ether oxygens (including phenoxy) is 1. The van der Waals surface area contributed by atoms with Gasteiger partial charge in [-0.15, -0.1) is 0 Å². The molecule has 2 heterocycles. The van der Waals surface area contributed by atoms with Crippen molar-refractivity contribution in [3.8, 4) is 11.8 Å². The molecule has 7 nitrogen and oxygen atoms in total. The predicted molar refractivity (Wildman–Crippen MR) is 98.6 cm³/mol. The number of amides is 1. The van der Waals surface area contributed by atoms with Crippen molar-refractivity contribution in [2.45, 2.75) is 26.2 Å². The van der Waals surface area contributed by atoms with Crippen LogP contribution in [0.25, 0.3) is 16.7 Å². The topological polar surface area (TPSA) is 90.6 Å². The summed E-state index contributed by atoms with van der Waals surface area (Å²) in [6.45, 7) is 2.01. The molecule has 2 aromatic heterocycles. The third kappa shape index (κ3) is 2.80. The lowest BCUT2D eigenvalue weighted by Crippen LogP contribution is -2.28. The van der Waals surface area contributed by atoms with Crippen LogP contribution >= 0.6 is 0 Å². The average molecular weight is 352 g/mol. The summed E-state index contributed by atoms with van der Waals surface area (Å²) in [7, 11) is 3.10. The number of pyridine rings is 1. The molecular weight excluding hydrogens is 332 g/mol. The van der Waals surface area contributed by atoms with Crippen LogP contribution in [-0.2, 0) is 6.42 Å². The largest absolute Gasteiger partial charge is 0.414 e. The van der Waals surface area contributed by atoms with Crippen LogP contribution in [0.1, 0.15) is 30.9 Å². The third-order valence-electron chi connectivity index (χ3n) is 4.27. The lowest BCUT2D eigenvalue weighted by Gasteiger charge is -2.15. The van der Waals surface area contributed by atoms with E-state index in [-0.39, 0.29) is 16.9 Å². The number of benzene rings is 1. The van der Waals surface area contributed by atoms with Crippen molar-refractivity contribution in [1.29, 1.82) is 5.26 Å². The number of nitrogens with one attached hydrogen (secondary N) is 1. The van der Waals surface area contributed by atoms with Crippen LogP contribution in [0.4, 0.5) is 4.79 Å². The van der Waals surface area contributed by atoms with Gasteiger partial charge in [-0.3, -0.25) is 9.20 Å². The van der Waals surface area contributed by atoms with E-state index >= 15 is 0 Å². The van der Waals surface area contributed by atoms with E-state index in [0.29, 0.717) is 23.1 Å². The number of hydrogen-bond acceptors (Lipinski definition) is 4. The molecule has 0 spiro atoms. The van der Waals surface area contributed by atoms with E-state index in [1.807, 2.05) is 31.2 Å². The smallest absolute Gasteiger partial charge is 0.408 e. The van der Waals surface area contributed by atoms with E-state index in [0.717, 1.165) is 18.4 Å². The molecule has 0 bridgehead atoms. The summed E-state index contributed by atoms with van der Waals surface area (Å²) in [5, 5.41) is 9.74. The molecule has 0 aliphatic carbocycles. The fourth-order valence-electron chi connectivity index (χ4n) is 2.92. The molecule has 134 valence electrons. The molecule has 0 aliphatic heterocycles. The zero-order valence-electron chi connectivity index (χ0n) is 15.0. The normalized spacial score (nSPS) is 10.8. The Morgan fingerprint density at radius 1 is 1.35 bits per heavy atom. The summed E-state index contributed by atoms with van der Waals surface area (Å²) in [5.74, 6) is 0.0520. The van der Waals surface area contributed by atoms with Crippen molar-refractivity contribution in [3.63, 3.8) is 0 Å². The highest BCUT2D eigenvalue weighted by Crippen LogP contribution is 2.28. The Morgan fingerprint density at radius 2 is 2.08 bits per heavy atom. The van der Waals surface area contributed by atoms with Gasteiger partial charge in [0.25, 0.3) is 5.56 Å². The Kier molecular flexibility index (Phi) is 4.67. The van der Waals surface area contributed by atoms with Crippen molar-refractivity contribution in [1.82, 2.24) is 14.3 Å². The second-order valence-electron chi connectivity index (χ2n) is 6.29. The number of carbonyl (C=O) groups is 1. The zero-order chi connectivity index (χ0) is 18.8. The zero-order valence-corrected chi connectivity index (χ0v) is 15.0. The van der Waals surface area contributed by atoms with Crippen LogP contribution in [0.15, 0.2) is 29.1 Å². The van der Waals surface area contributed by atoms with E-state index in [4.69, 9.17) is 4.74 Å². The maximum Gasteiger partial charge on any atom is 0.414 e. The van der Waals surface area contributed by atoms with E-state index < -0.39 is 6.09 Å². The summed E-state index contributed by atoms with van der Waals surface area (Å²) in [6.07, 6.45) is 1.43. The van der Waals surface area contributed by atoms with E-state index in [2.05, 4.69) is 11.1 Å². The molecule has 1 aromatic carbocycles. The fourth-order valence-corrected chi connectivity index (χ4v) is 2.92. The Bertz CT molecular complexity index is 1090. The first-order valence-corrected chi connectivity index (χ1v) is 8.47. The van der Waals surface area contributed by atoms with Gasteiger partial charge in [0, 0.05) is 14.1 Å². The average Bonchev–Trinajstić information content (AvgIpc) is 3.01. The first-order chi connectivity index (χ1) is 12.5. The number of H-pyrrole nitrogens is 1. The van der Waals surface area contributed by atoms with Gasteiger partial charge in [0.15, 0.2) is 5.75 Å². The molecule has 26 heavy (non-hydrogen) atoms. The highest BCUT2D eigenvalue weighted by Gasteiger charge is 2.24. The second-order valence-corrected chi connectivity index (χ2v) is 6.29. The highest BCUT2D eigenvalue weighted by molar-refractivity contribution is 5.84. The summed E-state index contributed by atoms with van der Waals surface area (Å²) in [6, 6.07) is 9.43. The number of aromatic amines is 1. The number of imidazole rings is 1. The van der Waals surface area contributed by atoms with Crippen molar-refractivity contribution in [2.24, 2.45) is 0 Å².